The van der Waals surface area contributed by atoms with E-state index in [1.165, 1.54) is 14.1 Å². The van der Waals surface area contributed by atoms with Crippen molar-refractivity contribution < 1.29 is 14.6 Å². The van der Waals surface area contributed by atoms with E-state index in [1.807, 2.05) is 25.7 Å². The van der Waals surface area contributed by atoms with E-state index < -0.39 is 17.1 Å². The second-order valence-electron chi connectivity index (χ2n) is 8.47. The van der Waals surface area contributed by atoms with Crippen LogP contribution in [0.2, 0.25) is 0 Å². The number of piperidine rings is 1. The standard InChI is InChI=1S/C24H32N4O5S/c1-6-33-18-12-10-17(11-13-18)25-21(20-22(30)26(4)24(32)27(5)23(20)31)34-14-19(29)28-15(2)8-7-9-16(28)3/h10-13,15-16,30H,6-9,14H2,1-5H3. The van der Waals surface area contributed by atoms with Gasteiger partial charge in [-0.15, -0.1) is 0 Å². The first kappa shape index (κ1) is 25.6. The lowest BCUT2D eigenvalue weighted by atomic mass is 9.98. The van der Waals surface area contributed by atoms with Crippen molar-refractivity contribution in [1.29, 1.82) is 0 Å². The number of thioether (sulfide) groups is 1. The summed E-state index contributed by atoms with van der Waals surface area (Å²) in [5.41, 5.74) is -0.918. The molecule has 1 aliphatic rings. The molecule has 0 spiro atoms. The molecule has 1 aromatic carbocycles. The Morgan fingerprint density at radius 3 is 2.32 bits per heavy atom. The first-order valence-electron chi connectivity index (χ1n) is 11.4. The fourth-order valence-corrected chi connectivity index (χ4v) is 5.10. The zero-order chi connectivity index (χ0) is 25.0. The van der Waals surface area contributed by atoms with Crippen LogP contribution in [0.4, 0.5) is 5.69 Å². The molecular weight excluding hydrogens is 456 g/mol. The summed E-state index contributed by atoms with van der Waals surface area (Å²) >= 11 is 1.08. The van der Waals surface area contributed by atoms with Crippen LogP contribution in [-0.4, -0.2) is 54.5 Å². The number of aromatic nitrogens is 2. The van der Waals surface area contributed by atoms with Gasteiger partial charge in [0.05, 0.1) is 18.0 Å². The zero-order valence-electron chi connectivity index (χ0n) is 20.3. The van der Waals surface area contributed by atoms with Gasteiger partial charge in [0.2, 0.25) is 11.8 Å². The number of amides is 1. The van der Waals surface area contributed by atoms with Crippen LogP contribution in [0.15, 0.2) is 38.8 Å². The second-order valence-corrected chi connectivity index (χ2v) is 9.43. The number of carbonyl (C=O) groups is 1. The topological polar surface area (TPSA) is 106 Å². The highest BCUT2D eigenvalue weighted by molar-refractivity contribution is 8.15. The Labute approximate surface area is 203 Å². The predicted molar refractivity (Wildman–Crippen MR) is 134 cm³/mol. The third-order valence-electron chi connectivity index (χ3n) is 6.04. The van der Waals surface area contributed by atoms with E-state index in [4.69, 9.17) is 4.74 Å². The van der Waals surface area contributed by atoms with Gasteiger partial charge in [-0.1, -0.05) is 11.8 Å². The maximum atomic E-state index is 13.1. The summed E-state index contributed by atoms with van der Waals surface area (Å²) in [4.78, 5) is 44.8. The van der Waals surface area contributed by atoms with Gasteiger partial charge in [0.1, 0.15) is 16.4 Å². The molecule has 184 valence electrons. The third-order valence-corrected chi connectivity index (χ3v) is 7.00. The number of aromatic hydroxyl groups is 1. The molecule has 10 heteroatoms. The molecule has 3 rings (SSSR count). The second kappa shape index (κ2) is 10.9. The van der Waals surface area contributed by atoms with Crippen molar-refractivity contribution in [1.82, 2.24) is 14.0 Å². The first-order chi connectivity index (χ1) is 16.1. The number of hydrogen-bond acceptors (Lipinski definition) is 7. The largest absolute Gasteiger partial charge is 0.494 e. The van der Waals surface area contributed by atoms with Gasteiger partial charge in [-0.25, -0.2) is 9.79 Å². The lowest BCUT2D eigenvalue weighted by molar-refractivity contribution is -0.134. The van der Waals surface area contributed by atoms with Gasteiger partial charge in [-0.05, 0) is 64.3 Å². The first-order valence-corrected chi connectivity index (χ1v) is 12.4. The van der Waals surface area contributed by atoms with Crippen LogP contribution >= 0.6 is 11.8 Å². The number of aliphatic imine (C=N–C) groups is 1. The third kappa shape index (κ3) is 5.38. The summed E-state index contributed by atoms with van der Waals surface area (Å²) in [6, 6.07) is 7.25. The summed E-state index contributed by atoms with van der Waals surface area (Å²) in [6.07, 6.45) is 3.00. The molecule has 1 N–H and O–H groups in total. The van der Waals surface area contributed by atoms with Crippen LogP contribution < -0.4 is 16.0 Å². The lowest BCUT2D eigenvalue weighted by Gasteiger charge is -2.39. The molecule has 2 atom stereocenters. The highest BCUT2D eigenvalue weighted by Crippen LogP contribution is 2.27. The highest BCUT2D eigenvalue weighted by atomic mass is 32.2. The quantitative estimate of drug-likeness (QED) is 0.495. The van der Waals surface area contributed by atoms with Gasteiger partial charge >= 0.3 is 5.69 Å². The number of nitrogens with zero attached hydrogens (tertiary/aromatic N) is 4. The average molecular weight is 489 g/mol. The van der Waals surface area contributed by atoms with Gasteiger partial charge in [0.15, 0.2) is 0 Å². The van der Waals surface area contributed by atoms with E-state index in [-0.39, 0.29) is 34.4 Å². The molecule has 0 saturated carbocycles. The average Bonchev–Trinajstić information content (AvgIpc) is 2.81. The molecule has 0 radical (unpaired) electrons. The van der Waals surface area contributed by atoms with Crippen LogP contribution in [0.25, 0.3) is 0 Å². The van der Waals surface area contributed by atoms with Gasteiger partial charge in [-0.3, -0.25) is 18.7 Å². The summed E-state index contributed by atoms with van der Waals surface area (Å²) in [5, 5.41) is 10.9. The summed E-state index contributed by atoms with van der Waals surface area (Å²) < 4.78 is 7.37. The monoisotopic (exact) mass is 488 g/mol. The van der Waals surface area contributed by atoms with Crippen molar-refractivity contribution in [2.75, 3.05) is 12.4 Å². The van der Waals surface area contributed by atoms with E-state index >= 15 is 0 Å². The van der Waals surface area contributed by atoms with Crippen molar-refractivity contribution in [3.8, 4) is 11.6 Å². The smallest absolute Gasteiger partial charge is 0.333 e. The summed E-state index contributed by atoms with van der Waals surface area (Å²) in [5.74, 6) is 0.193. The van der Waals surface area contributed by atoms with Gasteiger partial charge in [-0.2, -0.15) is 0 Å². The minimum Gasteiger partial charge on any atom is -0.494 e. The molecule has 0 bridgehead atoms. The molecule has 2 aromatic rings. The molecule has 1 saturated heterocycles. The summed E-state index contributed by atoms with van der Waals surface area (Å²) in [7, 11) is 2.72. The molecule has 2 unspecified atom stereocenters. The highest BCUT2D eigenvalue weighted by Gasteiger charge is 2.30. The zero-order valence-corrected chi connectivity index (χ0v) is 21.1. The Hall–Kier alpha value is -3.01. The van der Waals surface area contributed by atoms with E-state index in [9.17, 15) is 19.5 Å². The number of likely N-dealkylation sites (tertiary alicyclic amines) is 1. The molecule has 0 aliphatic carbocycles. The normalized spacial score (nSPS) is 18.7. The minimum absolute atomic E-state index is 0.0507. The molecule has 1 fully saturated rings. The number of ether oxygens (including phenoxy) is 1. The number of hydrogen-bond donors (Lipinski definition) is 1. The Morgan fingerprint density at radius 2 is 1.74 bits per heavy atom. The molecule has 9 nitrogen and oxygen atoms in total. The van der Waals surface area contributed by atoms with Crippen LogP contribution in [0.3, 0.4) is 0 Å². The maximum absolute atomic E-state index is 13.1. The molecule has 2 heterocycles. The molecule has 1 aromatic heterocycles. The van der Waals surface area contributed by atoms with Crippen molar-refractivity contribution in [2.24, 2.45) is 19.1 Å². The van der Waals surface area contributed by atoms with Crippen LogP contribution in [0.1, 0.15) is 45.6 Å². The van der Waals surface area contributed by atoms with Gasteiger partial charge < -0.3 is 14.7 Å². The number of carbonyl (C=O) groups excluding carboxylic acids is 1. The fourth-order valence-electron chi connectivity index (χ4n) is 4.20. The summed E-state index contributed by atoms with van der Waals surface area (Å²) in [6.45, 7) is 6.50. The van der Waals surface area contributed by atoms with Crippen LogP contribution in [0.5, 0.6) is 11.6 Å². The van der Waals surface area contributed by atoms with Crippen LogP contribution in [-0.2, 0) is 18.9 Å². The molecular formula is C24H32N4O5S. The van der Waals surface area contributed by atoms with Gasteiger partial charge in [0.25, 0.3) is 5.56 Å². The molecule has 1 amide bonds. The Bertz CT molecular complexity index is 1180. The van der Waals surface area contributed by atoms with E-state index in [2.05, 4.69) is 4.99 Å². The van der Waals surface area contributed by atoms with Crippen molar-refractivity contribution in [3.05, 3.63) is 50.7 Å². The Morgan fingerprint density at radius 1 is 1.12 bits per heavy atom. The van der Waals surface area contributed by atoms with Gasteiger partial charge in [0, 0.05) is 26.2 Å². The minimum atomic E-state index is -0.676. The predicted octanol–water partition coefficient (Wildman–Crippen LogP) is 2.79. The Balaban J connectivity index is 2.01. The fraction of sp³-hybridized carbons (Fsp3) is 0.500. The number of rotatable bonds is 6. The van der Waals surface area contributed by atoms with Crippen molar-refractivity contribution in [3.63, 3.8) is 0 Å². The van der Waals surface area contributed by atoms with Crippen LogP contribution in [0, 0.1) is 0 Å². The van der Waals surface area contributed by atoms with Crippen molar-refractivity contribution >= 4 is 28.4 Å². The molecule has 1 aliphatic heterocycles. The molecule has 34 heavy (non-hydrogen) atoms. The van der Waals surface area contributed by atoms with E-state index in [1.54, 1.807) is 24.3 Å². The SMILES string of the molecule is CCOc1ccc(N=C(SCC(=O)N2C(C)CCCC2C)c2c(O)n(C)c(=O)n(C)c2=O)cc1. The number of benzene rings is 1. The lowest BCUT2D eigenvalue weighted by Crippen LogP contribution is -2.48. The maximum Gasteiger partial charge on any atom is 0.333 e. The Kier molecular flexibility index (Phi) is 8.24. The van der Waals surface area contributed by atoms with E-state index in [0.29, 0.717) is 18.0 Å². The van der Waals surface area contributed by atoms with Crippen molar-refractivity contribution in [2.45, 2.75) is 52.1 Å². The van der Waals surface area contributed by atoms with E-state index in [0.717, 1.165) is 40.2 Å².